The highest BCUT2D eigenvalue weighted by Gasteiger charge is 2.16. The number of para-hydroxylation sites is 1. The number of nitro benzene ring substituents is 1. The quantitative estimate of drug-likeness (QED) is 0.661. The molecule has 0 atom stereocenters. The first kappa shape index (κ1) is 13.1. The Bertz CT molecular complexity index is 619. The van der Waals surface area contributed by atoms with Gasteiger partial charge >= 0.3 is 0 Å². The van der Waals surface area contributed by atoms with Crippen LogP contribution in [0.2, 0.25) is 0 Å². The highest BCUT2D eigenvalue weighted by molar-refractivity contribution is 5.90. The van der Waals surface area contributed by atoms with E-state index in [-0.39, 0.29) is 18.1 Å². The molecule has 0 bridgehead atoms. The largest absolute Gasteiger partial charge is 0.355 e. The van der Waals surface area contributed by atoms with E-state index in [0.717, 1.165) is 11.8 Å². The van der Waals surface area contributed by atoms with Crippen LogP contribution in [0.3, 0.4) is 0 Å². The average molecular weight is 261 g/mol. The molecule has 0 aliphatic carbocycles. The third-order valence-corrected chi connectivity index (χ3v) is 2.85. The summed E-state index contributed by atoms with van der Waals surface area (Å²) in [7, 11) is 0. The van der Waals surface area contributed by atoms with Gasteiger partial charge in [0.1, 0.15) is 12.1 Å². The van der Waals surface area contributed by atoms with Crippen molar-refractivity contribution in [2.24, 2.45) is 0 Å². The van der Waals surface area contributed by atoms with E-state index in [1.165, 1.54) is 6.07 Å². The van der Waals surface area contributed by atoms with Crippen LogP contribution in [-0.2, 0) is 11.3 Å². The molecule has 100 valence electrons. The van der Waals surface area contributed by atoms with Crippen LogP contribution in [0.1, 0.15) is 13.3 Å². The second kappa shape index (κ2) is 5.51. The van der Waals surface area contributed by atoms with Crippen molar-refractivity contribution < 1.29 is 9.72 Å². The van der Waals surface area contributed by atoms with Crippen LogP contribution in [0.15, 0.2) is 30.5 Å². The Morgan fingerprint density at radius 1 is 1.42 bits per heavy atom. The highest BCUT2D eigenvalue weighted by Crippen LogP contribution is 2.26. The average Bonchev–Trinajstić information content (AvgIpc) is 2.79. The maximum atomic E-state index is 11.7. The van der Waals surface area contributed by atoms with E-state index >= 15 is 0 Å². The van der Waals surface area contributed by atoms with Gasteiger partial charge in [0.15, 0.2) is 0 Å². The number of non-ortho nitro benzene ring substituents is 1. The fourth-order valence-electron chi connectivity index (χ4n) is 2.00. The standard InChI is InChI=1S/C13H15N3O3/c1-2-7-14-12(17)9-15-8-6-10-4-3-5-11(13(10)15)16(18)19/h3-6,8H,2,7,9H2,1H3,(H,14,17). The first-order valence-corrected chi connectivity index (χ1v) is 6.12. The number of benzene rings is 1. The normalized spacial score (nSPS) is 10.6. The van der Waals surface area contributed by atoms with E-state index in [0.29, 0.717) is 12.1 Å². The molecule has 19 heavy (non-hydrogen) atoms. The van der Waals surface area contributed by atoms with Gasteiger partial charge in [0.05, 0.1) is 4.92 Å². The zero-order valence-electron chi connectivity index (χ0n) is 10.6. The number of nitrogens with one attached hydrogen (secondary N) is 1. The molecule has 0 saturated carbocycles. The minimum atomic E-state index is -0.428. The van der Waals surface area contributed by atoms with Crippen molar-refractivity contribution in [1.82, 2.24) is 9.88 Å². The lowest BCUT2D eigenvalue weighted by molar-refractivity contribution is -0.383. The van der Waals surface area contributed by atoms with Gasteiger partial charge in [0.25, 0.3) is 5.69 Å². The van der Waals surface area contributed by atoms with Crippen molar-refractivity contribution in [1.29, 1.82) is 0 Å². The predicted octanol–water partition coefficient (Wildman–Crippen LogP) is 2.08. The van der Waals surface area contributed by atoms with Gasteiger partial charge in [0, 0.05) is 24.2 Å². The molecule has 0 saturated heterocycles. The molecule has 2 aromatic rings. The zero-order chi connectivity index (χ0) is 13.8. The third-order valence-electron chi connectivity index (χ3n) is 2.85. The van der Waals surface area contributed by atoms with Gasteiger partial charge in [-0.25, -0.2) is 0 Å². The van der Waals surface area contributed by atoms with Gasteiger partial charge in [-0.3, -0.25) is 14.9 Å². The summed E-state index contributed by atoms with van der Waals surface area (Å²) < 4.78 is 1.61. The zero-order valence-corrected chi connectivity index (χ0v) is 10.6. The summed E-state index contributed by atoms with van der Waals surface area (Å²) >= 11 is 0. The number of carbonyl (C=O) groups is 1. The van der Waals surface area contributed by atoms with Gasteiger partial charge in [-0.05, 0) is 12.5 Å². The molecular weight excluding hydrogens is 246 g/mol. The summed E-state index contributed by atoms with van der Waals surface area (Å²) in [6.45, 7) is 2.67. The Morgan fingerprint density at radius 2 is 2.21 bits per heavy atom. The lowest BCUT2D eigenvalue weighted by Gasteiger charge is -2.06. The van der Waals surface area contributed by atoms with Crippen LogP contribution in [0.25, 0.3) is 10.9 Å². The van der Waals surface area contributed by atoms with Gasteiger partial charge in [-0.2, -0.15) is 0 Å². The van der Waals surface area contributed by atoms with Crippen LogP contribution >= 0.6 is 0 Å². The Morgan fingerprint density at radius 3 is 2.89 bits per heavy atom. The van der Waals surface area contributed by atoms with Gasteiger partial charge < -0.3 is 9.88 Å². The molecule has 0 aliphatic rings. The molecule has 1 aromatic heterocycles. The van der Waals surface area contributed by atoms with Crippen molar-refractivity contribution in [2.45, 2.75) is 19.9 Å². The fraction of sp³-hybridized carbons (Fsp3) is 0.308. The number of nitro groups is 1. The number of carbonyl (C=O) groups excluding carboxylic acids is 1. The van der Waals surface area contributed by atoms with Gasteiger partial charge in [0.2, 0.25) is 5.91 Å². The van der Waals surface area contributed by atoms with Crippen molar-refractivity contribution in [3.05, 3.63) is 40.6 Å². The Kier molecular flexibility index (Phi) is 3.79. The van der Waals surface area contributed by atoms with E-state index in [4.69, 9.17) is 0 Å². The Hall–Kier alpha value is -2.37. The highest BCUT2D eigenvalue weighted by atomic mass is 16.6. The summed E-state index contributed by atoms with van der Waals surface area (Å²) in [6.07, 6.45) is 2.56. The number of nitrogens with zero attached hydrogens (tertiary/aromatic N) is 2. The smallest absolute Gasteiger partial charge is 0.293 e. The molecule has 6 nitrogen and oxygen atoms in total. The monoisotopic (exact) mass is 261 g/mol. The Labute approximate surface area is 110 Å². The van der Waals surface area contributed by atoms with Crippen LogP contribution in [0.4, 0.5) is 5.69 Å². The van der Waals surface area contributed by atoms with Crippen molar-refractivity contribution in [2.75, 3.05) is 6.54 Å². The molecule has 0 fully saturated rings. The SMILES string of the molecule is CCCNC(=O)Cn1ccc2cccc([N+](=O)[O-])c21. The molecule has 1 N–H and O–H groups in total. The molecule has 2 rings (SSSR count). The molecule has 0 aliphatic heterocycles. The van der Waals surface area contributed by atoms with Crippen LogP contribution in [0.5, 0.6) is 0 Å². The number of rotatable bonds is 5. The lowest BCUT2D eigenvalue weighted by Crippen LogP contribution is -2.27. The van der Waals surface area contributed by atoms with E-state index in [1.807, 2.05) is 6.92 Å². The molecule has 1 aromatic carbocycles. The van der Waals surface area contributed by atoms with E-state index < -0.39 is 4.92 Å². The molecule has 0 radical (unpaired) electrons. The predicted molar refractivity (Wildman–Crippen MR) is 71.9 cm³/mol. The summed E-state index contributed by atoms with van der Waals surface area (Å²) in [4.78, 5) is 22.3. The second-order valence-electron chi connectivity index (χ2n) is 4.27. The minimum absolute atomic E-state index is 0.0193. The molecule has 0 spiro atoms. The van der Waals surface area contributed by atoms with Gasteiger partial charge in [-0.15, -0.1) is 0 Å². The van der Waals surface area contributed by atoms with E-state index in [2.05, 4.69) is 5.32 Å². The number of amides is 1. The molecule has 1 heterocycles. The third kappa shape index (κ3) is 2.73. The van der Waals surface area contributed by atoms with Crippen molar-refractivity contribution in [3.63, 3.8) is 0 Å². The first-order valence-electron chi connectivity index (χ1n) is 6.12. The topological polar surface area (TPSA) is 77.2 Å². The number of aromatic nitrogens is 1. The summed E-state index contributed by atoms with van der Waals surface area (Å²) in [5.41, 5.74) is 0.505. The van der Waals surface area contributed by atoms with Crippen molar-refractivity contribution >= 4 is 22.5 Å². The summed E-state index contributed by atoms with van der Waals surface area (Å²) in [5, 5.41) is 14.5. The molecule has 6 heteroatoms. The van der Waals surface area contributed by atoms with Crippen molar-refractivity contribution in [3.8, 4) is 0 Å². The van der Waals surface area contributed by atoms with Crippen LogP contribution < -0.4 is 5.32 Å². The Balaban J connectivity index is 2.33. The van der Waals surface area contributed by atoms with Crippen LogP contribution in [0, 0.1) is 10.1 Å². The molecule has 1 amide bonds. The fourth-order valence-corrected chi connectivity index (χ4v) is 2.00. The second-order valence-corrected chi connectivity index (χ2v) is 4.27. The number of hydrogen-bond donors (Lipinski definition) is 1. The number of hydrogen-bond acceptors (Lipinski definition) is 3. The molecule has 0 unspecified atom stereocenters. The van der Waals surface area contributed by atoms with E-state index in [9.17, 15) is 14.9 Å². The maximum absolute atomic E-state index is 11.7. The molecular formula is C13H15N3O3. The van der Waals surface area contributed by atoms with E-state index in [1.54, 1.807) is 29.0 Å². The minimum Gasteiger partial charge on any atom is -0.355 e. The first-order chi connectivity index (χ1) is 9.13. The summed E-state index contributed by atoms with van der Waals surface area (Å²) in [5.74, 6) is -0.141. The maximum Gasteiger partial charge on any atom is 0.293 e. The summed E-state index contributed by atoms with van der Waals surface area (Å²) in [6, 6.07) is 6.66. The van der Waals surface area contributed by atoms with Crippen LogP contribution in [-0.4, -0.2) is 21.9 Å². The lowest BCUT2D eigenvalue weighted by atomic mass is 10.2. The van der Waals surface area contributed by atoms with Gasteiger partial charge in [-0.1, -0.05) is 19.1 Å². The number of fused-ring (bicyclic) bond motifs is 1.